The number of hydrogen-bond acceptors (Lipinski definition) is 4. The van der Waals surface area contributed by atoms with Crippen molar-refractivity contribution in [2.75, 3.05) is 16.9 Å². The Kier molecular flexibility index (Phi) is 5.65. The number of aromatic nitrogens is 2. The van der Waals surface area contributed by atoms with E-state index in [-0.39, 0.29) is 11.8 Å². The van der Waals surface area contributed by atoms with Gasteiger partial charge in [-0.3, -0.25) is 14.3 Å². The van der Waals surface area contributed by atoms with Crippen LogP contribution in [0.3, 0.4) is 0 Å². The van der Waals surface area contributed by atoms with Crippen LogP contribution in [0, 0.1) is 0 Å². The quantitative estimate of drug-likeness (QED) is 0.843. The van der Waals surface area contributed by atoms with Crippen molar-refractivity contribution in [1.82, 2.24) is 14.7 Å². The van der Waals surface area contributed by atoms with Crippen LogP contribution in [0.4, 0.5) is 5.69 Å². The van der Waals surface area contributed by atoms with Crippen LogP contribution in [0.15, 0.2) is 24.0 Å². The van der Waals surface area contributed by atoms with Gasteiger partial charge in [-0.1, -0.05) is 13.0 Å². The molecule has 120 valence electrons. The highest BCUT2D eigenvalue weighted by Crippen LogP contribution is 2.24. The fraction of sp³-hybridized carbons (Fsp3) is 0.533. The minimum Gasteiger partial charge on any atom is -0.322 e. The lowest BCUT2D eigenvalue weighted by Gasteiger charge is -2.23. The Morgan fingerprint density at radius 3 is 2.91 bits per heavy atom. The molecule has 1 aromatic rings. The molecule has 1 fully saturated rings. The van der Waals surface area contributed by atoms with Crippen LogP contribution in [0.1, 0.15) is 27.2 Å². The zero-order valence-electron chi connectivity index (χ0n) is 13.2. The lowest BCUT2D eigenvalue weighted by Crippen LogP contribution is -2.44. The monoisotopic (exact) mass is 322 g/mol. The first kappa shape index (κ1) is 16.6. The molecule has 0 aromatic carbocycles. The average molecular weight is 322 g/mol. The van der Waals surface area contributed by atoms with E-state index in [0.717, 1.165) is 13.0 Å². The molecule has 2 heterocycles. The third-order valence-electron chi connectivity index (χ3n) is 3.52. The van der Waals surface area contributed by atoms with E-state index >= 15 is 0 Å². The lowest BCUT2D eigenvalue weighted by molar-refractivity contribution is -0.133. The summed E-state index contributed by atoms with van der Waals surface area (Å²) < 4.78 is 1.75. The largest absolute Gasteiger partial charge is 0.322 e. The highest BCUT2D eigenvalue weighted by atomic mass is 32.2. The Morgan fingerprint density at radius 1 is 1.50 bits per heavy atom. The molecule has 0 bridgehead atoms. The number of anilines is 1. The second-order valence-corrected chi connectivity index (χ2v) is 6.16. The maximum atomic E-state index is 12.4. The van der Waals surface area contributed by atoms with E-state index in [1.165, 1.54) is 0 Å². The maximum absolute atomic E-state index is 12.4. The van der Waals surface area contributed by atoms with E-state index in [2.05, 4.69) is 10.4 Å². The molecule has 1 saturated heterocycles. The summed E-state index contributed by atoms with van der Waals surface area (Å²) in [4.78, 5) is 26.5. The van der Waals surface area contributed by atoms with Gasteiger partial charge in [0, 0.05) is 24.1 Å². The van der Waals surface area contributed by atoms with Crippen molar-refractivity contribution in [3.8, 4) is 0 Å². The van der Waals surface area contributed by atoms with E-state index < -0.39 is 6.04 Å². The van der Waals surface area contributed by atoms with Crippen molar-refractivity contribution in [3.63, 3.8) is 0 Å². The maximum Gasteiger partial charge on any atom is 0.250 e. The van der Waals surface area contributed by atoms with Gasteiger partial charge >= 0.3 is 0 Å². The highest BCUT2D eigenvalue weighted by Gasteiger charge is 2.35. The van der Waals surface area contributed by atoms with E-state index in [4.69, 9.17) is 0 Å². The third-order valence-corrected chi connectivity index (χ3v) is 4.53. The first-order chi connectivity index (χ1) is 10.6. The number of hydrogen-bond donors (Lipinski definition) is 1. The summed E-state index contributed by atoms with van der Waals surface area (Å²) >= 11 is 1.60. The smallest absolute Gasteiger partial charge is 0.250 e. The first-order valence-electron chi connectivity index (χ1n) is 7.45. The number of rotatable bonds is 5. The number of thioether (sulfide) groups is 1. The van der Waals surface area contributed by atoms with Crippen molar-refractivity contribution >= 4 is 29.3 Å². The second-order valence-electron chi connectivity index (χ2n) is 5.16. The number of aryl methyl sites for hydroxylation is 1. The standard InChI is InChI=1S/C15H22N4O2S/c1-4-6-11(3)15(21)19-10-22-9-13(19)14(20)17-12-7-16-18(5-2)8-12/h6-8,13H,4-5,9-10H2,1-3H3,(H,17,20)/b11-6-/t13-/m0/s1. The molecule has 2 amide bonds. The highest BCUT2D eigenvalue weighted by molar-refractivity contribution is 7.99. The van der Waals surface area contributed by atoms with Gasteiger partial charge in [-0.15, -0.1) is 11.8 Å². The molecule has 0 aliphatic carbocycles. The van der Waals surface area contributed by atoms with Crippen LogP contribution in [0.5, 0.6) is 0 Å². The molecule has 1 aromatic heterocycles. The molecule has 7 heteroatoms. The molecule has 0 radical (unpaired) electrons. The minimum atomic E-state index is -0.428. The van der Waals surface area contributed by atoms with Crippen molar-refractivity contribution in [2.45, 2.75) is 39.8 Å². The van der Waals surface area contributed by atoms with Crippen molar-refractivity contribution < 1.29 is 9.59 Å². The molecule has 1 N–H and O–H groups in total. The van der Waals surface area contributed by atoms with Gasteiger partial charge in [0.05, 0.1) is 17.8 Å². The number of allylic oxidation sites excluding steroid dienone is 1. The van der Waals surface area contributed by atoms with Gasteiger partial charge in [0.25, 0.3) is 5.91 Å². The number of nitrogens with one attached hydrogen (secondary N) is 1. The molecule has 0 saturated carbocycles. The normalized spacial score (nSPS) is 18.6. The van der Waals surface area contributed by atoms with Crippen molar-refractivity contribution in [3.05, 3.63) is 24.0 Å². The number of amides is 2. The summed E-state index contributed by atoms with van der Waals surface area (Å²) in [5.41, 5.74) is 1.36. The molecular formula is C15H22N4O2S. The Bertz CT molecular complexity index is 582. The Labute approximate surface area is 134 Å². The third kappa shape index (κ3) is 3.71. The first-order valence-corrected chi connectivity index (χ1v) is 8.61. The van der Waals surface area contributed by atoms with Crippen molar-refractivity contribution in [1.29, 1.82) is 0 Å². The average Bonchev–Trinajstić information content (AvgIpc) is 3.15. The Balaban J connectivity index is 2.04. The molecule has 0 spiro atoms. The van der Waals surface area contributed by atoms with Gasteiger partial charge in [0.2, 0.25) is 5.91 Å². The molecule has 1 aliphatic rings. The van der Waals surface area contributed by atoms with Crippen LogP contribution in [-0.4, -0.2) is 44.2 Å². The molecule has 2 rings (SSSR count). The van der Waals surface area contributed by atoms with E-state index in [1.54, 1.807) is 40.7 Å². The van der Waals surface area contributed by atoms with Crippen LogP contribution in [-0.2, 0) is 16.1 Å². The summed E-state index contributed by atoms with van der Waals surface area (Å²) in [5.74, 6) is 0.966. The van der Waals surface area contributed by atoms with Gasteiger partial charge in [-0.25, -0.2) is 0 Å². The predicted octanol–water partition coefficient (Wildman–Crippen LogP) is 2.10. The molecule has 0 unspecified atom stereocenters. The van der Waals surface area contributed by atoms with Gasteiger partial charge < -0.3 is 10.2 Å². The fourth-order valence-corrected chi connectivity index (χ4v) is 3.46. The number of carbonyl (C=O) groups is 2. The summed E-state index contributed by atoms with van der Waals surface area (Å²) in [6, 6.07) is -0.428. The predicted molar refractivity (Wildman–Crippen MR) is 88.5 cm³/mol. The molecular weight excluding hydrogens is 300 g/mol. The van der Waals surface area contributed by atoms with Gasteiger partial charge in [0.15, 0.2) is 0 Å². The van der Waals surface area contributed by atoms with E-state index in [9.17, 15) is 9.59 Å². The van der Waals surface area contributed by atoms with Crippen LogP contribution in [0.25, 0.3) is 0 Å². The van der Waals surface area contributed by atoms with Gasteiger partial charge in [-0.05, 0) is 20.3 Å². The zero-order valence-corrected chi connectivity index (χ0v) is 14.0. The van der Waals surface area contributed by atoms with Gasteiger partial charge in [-0.2, -0.15) is 5.10 Å². The SMILES string of the molecule is CC/C=C(/C)C(=O)N1CSC[C@H]1C(=O)Nc1cnn(CC)c1. The van der Waals surface area contributed by atoms with E-state index in [1.807, 2.05) is 19.9 Å². The van der Waals surface area contributed by atoms with Crippen molar-refractivity contribution in [2.24, 2.45) is 0 Å². The summed E-state index contributed by atoms with van der Waals surface area (Å²) in [6.07, 6.45) is 6.11. The zero-order chi connectivity index (χ0) is 16.1. The second kappa shape index (κ2) is 7.49. The van der Waals surface area contributed by atoms with Crippen LogP contribution in [0.2, 0.25) is 0 Å². The van der Waals surface area contributed by atoms with Gasteiger partial charge in [0.1, 0.15) is 6.04 Å². The molecule has 6 nitrogen and oxygen atoms in total. The van der Waals surface area contributed by atoms with E-state index in [0.29, 0.717) is 22.9 Å². The molecule has 1 atom stereocenters. The summed E-state index contributed by atoms with van der Waals surface area (Å²) in [5, 5.41) is 6.97. The topological polar surface area (TPSA) is 67.2 Å². The lowest BCUT2D eigenvalue weighted by atomic mass is 10.2. The molecule has 1 aliphatic heterocycles. The Morgan fingerprint density at radius 2 is 2.27 bits per heavy atom. The summed E-state index contributed by atoms with van der Waals surface area (Å²) in [6.45, 7) is 6.52. The van der Waals surface area contributed by atoms with Crippen LogP contribution >= 0.6 is 11.8 Å². The molecule has 22 heavy (non-hydrogen) atoms. The van der Waals surface area contributed by atoms with Crippen LogP contribution < -0.4 is 5.32 Å². The summed E-state index contributed by atoms with van der Waals surface area (Å²) in [7, 11) is 0. The fourth-order valence-electron chi connectivity index (χ4n) is 2.31. The minimum absolute atomic E-state index is 0.0590. The Hall–Kier alpha value is -1.76. The number of nitrogens with zero attached hydrogens (tertiary/aromatic N) is 3. The number of carbonyl (C=O) groups excluding carboxylic acids is 2.